The molecule has 0 aliphatic carbocycles. The maximum atomic E-state index is 7.97. The molecule has 0 aliphatic rings. The summed E-state index contributed by atoms with van der Waals surface area (Å²) >= 11 is 12.0. The van der Waals surface area contributed by atoms with Gasteiger partial charge >= 0.3 is 0 Å². The molecule has 0 radical (unpaired) electrons. The lowest BCUT2D eigenvalue weighted by Crippen LogP contribution is -1.56. The fourth-order valence-electron chi connectivity index (χ4n) is 0.356. The van der Waals surface area contributed by atoms with Crippen molar-refractivity contribution in [3.05, 3.63) is 19.8 Å². The number of hydrogen-bond donors (Lipinski definition) is 0. The molecule has 7 heteroatoms. The third kappa shape index (κ3) is 1.33. The van der Waals surface area contributed by atoms with Crippen molar-refractivity contribution in [3.8, 4) is 0 Å². The van der Waals surface area contributed by atoms with Crippen molar-refractivity contribution in [2.75, 3.05) is 0 Å². The van der Waals surface area contributed by atoms with Gasteiger partial charge in [0.25, 0.3) is 0 Å². The van der Waals surface area contributed by atoms with Crippen LogP contribution in [0.2, 0.25) is 9.36 Å². The Balaban J connectivity index is 3.17. The van der Waals surface area contributed by atoms with E-state index in [4.69, 9.17) is 28.7 Å². The highest BCUT2D eigenvalue weighted by atomic mass is 35.5. The predicted molar refractivity (Wildman–Crippen MR) is 40.9 cm³/mol. The van der Waals surface area contributed by atoms with Crippen LogP contribution >= 0.6 is 34.7 Å². The van der Waals surface area contributed by atoms with Crippen LogP contribution in [0.4, 0.5) is 5.82 Å². The summed E-state index contributed by atoms with van der Waals surface area (Å²) in [5.74, 6) is 0.138. The minimum atomic E-state index is 0.138. The molecule has 1 aromatic rings. The average molecular weight is 195 g/mol. The summed E-state index contributed by atoms with van der Waals surface area (Å²) in [5, 5.41) is 3.40. The van der Waals surface area contributed by atoms with Crippen molar-refractivity contribution in [3.63, 3.8) is 0 Å². The van der Waals surface area contributed by atoms with Crippen LogP contribution in [0.5, 0.6) is 0 Å². The van der Waals surface area contributed by atoms with Crippen molar-refractivity contribution < 1.29 is 0 Å². The monoisotopic (exact) mass is 194 g/mol. The molecule has 1 rings (SSSR count). The zero-order valence-electron chi connectivity index (χ0n) is 4.45. The molecule has 0 atom stereocenters. The standard InChI is InChI=1S/C3Cl2N4S/c4-1-2(5)10-8-3(1)7-9-6. The minimum Gasteiger partial charge on any atom is -0.188 e. The van der Waals surface area contributed by atoms with Crippen molar-refractivity contribution in [2.45, 2.75) is 0 Å². The second kappa shape index (κ2) is 3.07. The molecule has 10 heavy (non-hydrogen) atoms. The van der Waals surface area contributed by atoms with Gasteiger partial charge < -0.3 is 0 Å². The molecule has 0 saturated carbocycles. The minimum absolute atomic E-state index is 0.138. The van der Waals surface area contributed by atoms with E-state index < -0.39 is 0 Å². The number of aromatic nitrogens is 1. The van der Waals surface area contributed by atoms with E-state index in [9.17, 15) is 0 Å². The van der Waals surface area contributed by atoms with E-state index >= 15 is 0 Å². The summed E-state index contributed by atoms with van der Waals surface area (Å²) in [5.41, 5.74) is 7.97. The van der Waals surface area contributed by atoms with Crippen LogP contribution in [-0.4, -0.2) is 4.37 Å². The normalized spacial score (nSPS) is 9.00. The van der Waals surface area contributed by atoms with E-state index in [1.54, 1.807) is 0 Å². The van der Waals surface area contributed by atoms with Crippen molar-refractivity contribution in [2.24, 2.45) is 5.11 Å². The average Bonchev–Trinajstić information content (AvgIpc) is 2.20. The summed E-state index contributed by atoms with van der Waals surface area (Å²) in [7, 11) is 0. The Bertz CT molecular complexity index is 289. The molecule has 0 N–H and O–H groups in total. The lowest BCUT2D eigenvalue weighted by atomic mass is 10.7. The van der Waals surface area contributed by atoms with Gasteiger partial charge in [-0.1, -0.05) is 23.2 Å². The van der Waals surface area contributed by atoms with Gasteiger partial charge in [-0.3, -0.25) is 0 Å². The first-order valence-corrected chi connectivity index (χ1v) is 3.64. The van der Waals surface area contributed by atoms with E-state index in [2.05, 4.69) is 14.4 Å². The molecule has 0 spiro atoms. The zero-order valence-corrected chi connectivity index (χ0v) is 6.78. The van der Waals surface area contributed by atoms with Crippen LogP contribution in [0.15, 0.2) is 5.11 Å². The van der Waals surface area contributed by atoms with E-state index in [-0.39, 0.29) is 10.8 Å². The van der Waals surface area contributed by atoms with Gasteiger partial charge in [0.2, 0.25) is 0 Å². The van der Waals surface area contributed by atoms with Gasteiger partial charge in [-0.25, -0.2) is 0 Å². The summed E-state index contributed by atoms with van der Waals surface area (Å²) in [4.78, 5) is 2.51. The van der Waals surface area contributed by atoms with Gasteiger partial charge in [0.15, 0.2) is 5.82 Å². The molecule has 0 aliphatic heterocycles. The molecule has 0 fully saturated rings. The molecule has 0 unspecified atom stereocenters. The lowest BCUT2D eigenvalue weighted by molar-refractivity contribution is 1.39. The first-order chi connectivity index (χ1) is 4.75. The molecule has 0 aromatic carbocycles. The van der Waals surface area contributed by atoms with E-state index in [1.165, 1.54) is 0 Å². The van der Waals surface area contributed by atoms with E-state index in [1.807, 2.05) is 0 Å². The van der Waals surface area contributed by atoms with Crippen LogP contribution in [0.1, 0.15) is 0 Å². The summed E-state index contributed by atoms with van der Waals surface area (Å²) in [6.45, 7) is 0. The molecule has 52 valence electrons. The fraction of sp³-hybridized carbons (Fsp3) is 0. The Labute approximate surface area is 70.2 Å². The molecular weight excluding hydrogens is 195 g/mol. The molecule has 4 nitrogen and oxygen atoms in total. The Morgan fingerprint density at radius 1 is 1.60 bits per heavy atom. The lowest BCUT2D eigenvalue weighted by Gasteiger charge is -1.79. The van der Waals surface area contributed by atoms with E-state index in [0.29, 0.717) is 4.34 Å². The van der Waals surface area contributed by atoms with Gasteiger partial charge in [0.05, 0.1) is 0 Å². The third-order valence-corrected chi connectivity index (χ3v) is 2.31. The number of azide groups is 1. The fourth-order valence-corrected chi connectivity index (χ4v) is 1.24. The van der Waals surface area contributed by atoms with Crippen molar-refractivity contribution in [1.82, 2.24) is 4.37 Å². The van der Waals surface area contributed by atoms with Gasteiger partial charge in [0.1, 0.15) is 9.36 Å². The Morgan fingerprint density at radius 2 is 2.30 bits per heavy atom. The summed E-state index contributed by atoms with van der Waals surface area (Å²) < 4.78 is 4.00. The highest BCUT2D eigenvalue weighted by molar-refractivity contribution is 7.11. The van der Waals surface area contributed by atoms with Crippen LogP contribution in [-0.2, 0) is 0 Å². The summed E-state index contributed by atoms with van der Waals surface area (Å²) in [6, 6.07) is 0. The maximum Gasteiger partial charge on any atom is 0.160 e. The van der Waals surface area contributed by atoms with E-state index in [0.717, 1.165) is 11.5 Å². The molecule has 0 amide bonds. The quantitative estimate of drug-likeness (QED) is 0.384. The number of hydrogen-bond acceptors (Lipinski definition) is 3. The van der Waals surface area contributed by atoms with Crippen molar-refractivity contribution >= 4 is 40.6 Å². The first kappa shape index (κ1) is 7.63. The van der Waals surface area contributed by atoms with Gasteiger partial charge in [-0.2, -0.15) is 4.37 Å². The number of nitrogens with zero attached hydrogens (tertiary/aromatic N) is 4. The maximum absolute atomic E-state index is 7.97. The molecule has 1 aromatic heterocycles. The van der Waals surface area contributed by atoms with Crippen molar-refractivity contribution in [1.29, 1.82) is 0 Å². The smallest absolute Gasteiger partial charge is 0.160 e. The molecule has 1 heterocycles. The third-order valence-electron chi connectivity index (χ3n) is 0.721. The van der Waals surface area contributed by atoms with Gasteiger partial charge in [-0.15, -0.1) is 0 Å². The Morgan fingerprint density at radius 3 is 2.70 bits per heavy atom. The SMILES string of the molecule is [N-]=[N+]=Nc1nsc(Cl)c1Cl. The summed E-state index contributed by atoms with van der Waals surface area (Å²) in [6.07, 6.45) is 0. The first-order valence-electron chi connectivity index (χ1n) is 2.11. The molecular formula is C3Cl2N4S. The van der Waals surface area contributed by atoms with Crippen LogP contribution in [0.25, 0.3) is 10.4 Å². The Hall–Kier alpha value is -0.480. The van der Waals surface area contributed by atoms with Crippen LogP contribution in [0, 0.1) is 0 Å². The molecule has 0 bridgehead atoms. The second-order valence-electron chi connectivity index (χ2n) is 1.28. The predicted octanol–water partition coefficient (Wildman–Crippen LogP) is 3.39. The largest absolute Gasteiger partial charge is 0.188 e. The van der Waals surface area contributed by atoms with Gasteiger partial charge in [0, 0.05) is 4.91 Å². The molecule has 0 saturated heterocycles. The number of halogens is 2. The zero-order chi connectivity index (χ0) is 7.56. The topological polar surface area (TPSA) is 61.7 Å². The Kier molecular flexibility index (Phi) is 2.34. The van der Waals surface area contributed by atoms with Crippen LogP contribution < -0.4 is 0 Å². The van der Waals surface area contributed by atoms with Crippen LogP contribution in [0.3, 0.4) is 0 Å². The number of rotatable bonds is 1. The second-order valence-corrected chi connectivity index (χ2v) is 3.04. The highest BCUT2D eigenvalue weighted by Crippen LogP contribution is 2.34. The van der Waals surface area contributed by atoms with Gasteiger partial charge in [-0.05, 0) is 22.2 Å². The highest BCUT2D eigenvalue weighted by Gasteiger charge is 2.06.